The second kappa shape index (κ2) is 9.29. The largest absolute Gasteiger partial charge is 0.459 e. The Morgan fingerprint density at radius 1 is 1.32 bits per heavy atom. The zero-order valence-electron chi connectivity index (χ0n) is 13.4. The summed E-state index contributed by atoms with van der Waals surface area (Å²) in [6, 6.07) is 10.2. The Kier molecular flexibility index (Phi) is 8.09. The van der Waals surface area contributed by atoms with Gasteiger partial charge in [0.2, 0.25) is 0 Å². The number of hydrogen-bond acceptors (Lipinski definition) is 3. The molecule has 0 aliphatic heterocycles. The molecule has 6 heteroatoms. The van der Waals surface area contributed by atoms with Gasteiger partial charge in [0.1, 0.15) is 11.3 Å². The Labute approximate surface area is 153 Å². The lowest BCUT2D eigenvalue weighted by molar-refractivity contribution is 0.488. The van der Waals surface area contributed by atoms with Crippen molar-refractivity contribution >= 4 is 52.7 Å². The van der Waals surface area contributed by atoms with E-state index in [9.17, 15) is 0 Å². The van der Waals surface area contributed by atoms with Crippen molar-refractivity contribution in [3.05, 3.63) is 36.1 Å². The molecule has 1 aromatic carbocycles. The van der Waals surface area contributed by atoms with Gasteiger partial charge in [0, 0.05) is 24.2 Å². The Bertz CT molecular complexity index is 581. The summed E-state index contributed by atoms with van der Waals surface area (Å²) in [5, 5.41) is 8.36. The van der Waals surface area contributed by atoms with E-state index in [1.807, 2.05) is 30.0 Å². The number of fused-ring (bicyclic) bond motifs is 1. The lowest BCUT2D eigenvalue weighted by Crippen LogP contribution is -2.41. The van der Waals surface area contributed by atoms with Crippen LogP contribution >= 0.6 is 35.7 Å². The average Bonchev–Trinajstić information content (AvgIpc) is 2.94. The lowest BCUT2D eigenvalue weighted by atomic mass is 10.2. The molecule has 0 saturated carbocycles. The molecule has 0 amide bonds. The number of benzene rings is 1. The van der Waals surface area contributed by atoms with Crippen LogP contribution in [0.4, 0.5) is 0 Å². The number of rotatable bonds is 5. The van der Waals surface area contributed by atoms with E-state index in [4.69, 9.17) is 4.42 Å². The van der Waals surface area contributed by atoms with Crippen molar-refractivity contribution in [3.8, 4) is 0 Å². The summed E-state index contributed by atoms with van der Waals surface area (Å²) in [7, 11) is 1.78. The summed E-state index contributed by atoms with van der Waals surface area (Å²) in [5.74, 6) is 1.71. The summed E-state index contributed by atoms with van der Waals surface area (Å²) in [4.78, 5) is 4.26. The molecular formula is C16H24IN3OS. The quantitative estimate of drug-likeness (QED) is 0.425. The predicted molar refractivity (Wildman–Crippen MR) is 108 cm³/mol. The normalized spacial score (nSPS) is 14.3. The Morgan fingerprint density at radius 2 is 2.05 bits per heavy atom. The summed E-state index contributed by atoms with van der Waals surface area (Å²) in [6.07, 6.45) is 2.11. The standard InChI is InChI=1S/C16H23N3OS.HI/c1-11(21-4)10-18-16(17-3)19-12(2)15-9-13-7-5-6-8-14(13)20-15;/h5-9,11-12H,10H2,1-4H3,(H2,17,18,19);1H. The highest BCUT2D eigenvalue weighted by atomic mass is 127. The molecule has 2 unspecified atom stereocenters. The number of thioether (sulfide) groups is 1. The molecule has 1 aromatic heterocycles. The van der Waals surface area contributed by atoms with Crippen LogP contribution in [0.1, 0.15) is 25.6 Å². The topological polar surface area (TPSA) is 49.6 Å². The molecule has 0 saturated heterocycles. The number of hydrogen-bond donors (Lipinski definition) is 2. The first-order chi connectivity index (χ1) is 10.1. The first kappa shape index (κ1) is 19.2. The maximum atomic E-state index is 5.87. The van der Waals surface area contributed by atoms with Gasteiger partial charge in [-0.25, -0.2) is 0 Å². The van der Waals surface area contributed by atoms with Gasteiger partial charge in [0.25, 0.3) is 0 Å². The van der Waals surface area contributed by atoms with Crippen LogP contribution < -0.4 is 10.6 Å². The van der Waals surface area contributed by atoms with Crippen molar-refractivity contribution in [2.45, 2.75) is 25.1 Å². The summed E-state index contributed by atoms with van der Waals surface area (Å²) in [6.45, 7) is 5.14. The molecule has 0 radical (unpaired) electrons. The fourth-order valence-corrected chi connectivity index (χ4v) is 2.26. The van der Waals surface area contributed by atoms with E-state index < -0.39 is 0 Å². The number of guanidine groups is 1. The van der Waals surface area contributed by atoms with Gasteiger partial charge in [0.15, 0.2) is 5.96 Å². The van der Waals surface area contributed by atoms with Crippen LogP contribution in [0.15, 0.2) is 39.7 Å². The van der Waals surface area contributed by atoms with Crippen molar-refractivity contribution in [1.82, 2.24) is 10.6 Å². The van der Waals surface area contributed by atoms with Crippen molar-refractivity contribution in [1.29, 1.82) is 0 Å². The minimum Gasteiger partial charge on any atom is -0.459 e. The van der Waals surface area contributed by atoms with Crippen LogP contribution in [0, 0.1) is 0 Å². The number of nitrogens with zero attached hydrogens (tertiary/aromatic N) is 1. The van der Waals surface area contributed by atoms with Gasteiger partial charge >= 0.3 is 0 Å². The van der Waals surface area contributed by atoms with Gasteiger partial charge in [0.05, 0.1) is 6.04 Å². The number of aliphatic imine (C=N–C) groups is 1. The third-order valence-corrected chi connectivity index (χ3v) is 4.38. The van der Waals surface area contributed by atoms with Gasteiger partial charge < -0.3 is 15.1 Å². The Balaban J connectivity index is 0.00000242. The van der Waals surface area contributed by atoms with Crippen molar-refractivity contribution in [2.75, 3.05) is 19.8 Å². The SMILES string of the molecule is CN=C(NCC(C)SC)NC(C)c1cc2ccccc2o1.I. The molecule has 4 nitrogen and oxygen atoms in total. The third kappa shape index (κ3) is 5.08. The first-order valence-corrected chi connectivity index (χ1v) is 8.41. The molecule has 2 N–H and O–H groups in total. The van der Waals surface area contributed by atoms with Gasteiger partial charge in [-0.15, -0.1) is 24.0 Å². The first-order valence-electron chi connectivity index (χ1n) is 7.12. The zero-order chi connectivity index (χ0) is 15.2. The van der Waals surface area contributed by atoms with E-state index in [1.165, 1.54) is 0 Å². The smallest absolute Gasteiger partial charge is 0.191 e. The fourth-order valence-electron chi connectivity index (χ4n) is 2.01. The molecule has 0 fully saturated rings. The number of nitrogens with one attached hydrogen (secondary N) is 2. The molecule has 0 spiro atoms. The summed E-state index contributed by atoms with van der Waals surface area (Å²) in [5.41, 5.74) is 0.917. The van der Waals surface area contributed by atoms with Crippen molar-refractivity contribution in [3.63, 3.8) is 0 Å². The van der Waals surface area contributed by atoms with E-state index in [1.54, 1.807) is 7.05 Å². The average molecular weight is 433 g/mol. The minimum absolute atomic E-state index is 0. The molecule has 122 valence electrons. The summed E-state index contributed by atoms with van der Waals surface area (Å²) >= 11 is 1.83. The highest BCUT2D eigenvalue weighted by molar-refractivity contribution is 14.0. The highest BCUT2D eigenvalue weighted by Crippen LogP contribution is 2.23. The highest BCUT2D eigenvalue weighted by Gasteiger charge is 2.13. The molecule has 22 heavy (non-hydrogen) atoms. The Morgan fingerprint density at radius 3 is 2.68 bits per heavy atom. The molecule has 2 rings (SSSR count). The van der Waals surface area contributed by atoms with E-state index in [2.05, 4.69) is 47.9 Å². The van der Waals surface area contributed by atoms with Crippen LogP contribution in [0.5, 0.6) is 0 Å². The van der Waals surface area contributed by atoms with Crippen LogP contribution in [0.2, 0.25) is 0 Å². The zero-order valence-corrected chi connectivity index (χ0v) is 16.6. The molecule has 0 aliphatic rings. The van der Waals surface area contributed by atoms with Crippen LogP contribution in [-0.4, -0.2) is 31.1 Å². The third-order valence-electron chi connectivity index (χ3n) is 3.41. The molecule has 2 atom stereocenters. The van der Waals surface area contributed by atoms with E-state index in [-0.39, 0.29) is 30.0 Å². The summed E-state index contributed by atoms with van der Waals surface area (Å²) < 4.78 is 5.87. The molecular weight excluding hydrogens is 409 g/mol. The van der Waals surface area contributed by atoms with Crippen LogP contribution in [0.3, 0.4) is 0 Å². The second-order valence-electron chi connectivity index (χ2n) is 5.05. The number of para-hydroxylation sites is 1. The van der Waals surface area contributed by atoms with Gasteiger partial charge in [-0.2, -0.15) is 11.8 Å². The van der Waals surface area contributed by atoms with Crippen LogP contribution in [-0.2, 0) is 0 Å². The van der Waals surface area contributed by atoms with Crippen molar-refractivity contribution in [2.24, 2.45) is 4.99 Å². The van der Waals surface area contributed by atoms with E-state index in [0.29, 0.717) is 5.25 Å². The number of halogens is 1. The lowest BCUT2D eigenvalue weighted by Gasteiger charge is -2.17. The second-order valence-corrected chi connectivity index (χ2v) is 6.33. The van der Waals surface area contributed by atoms with E-state index >= 15 is 0 Å². The molecule has 2 aromatic rings. The maximum Gasteiger partial charge on any atom is 0.191 e. The number of furan rings is 1. The fraction of sp³-hybridized carbons (Fsp3) is 0.438. The molecule has 0 aliphatic carbocycles. The predicted octanol–water partition coefficient (Wildman–Crippen LogP) is 4.03. The van der Waals surface area contributed by atoms with Gasteiger partial charge in [-0.05, 0) is 25.3 Å². The molecule has 0 bridgehead atoms. The monoisotopic (exact) mass is 433 g/mol. The van der Waals surface area contributed by atoms with Crippen molar-refractivity contribution < 1.29 is 4.42 Å². The maximum absolute atomic E-state index is 5.87. The Hall–Kier alpha value is -0.890. The van der Waals surface area contributed by atoms with E-state index in [0.717, 1.165) is 29.2 Å². The van der Waals surface area contributed by atoms with Crippen LogP contribution in [0.25, 0.3) is 11.0 Å². The molecule has 1 heterocycles. The van der Waals surface area contributed by atoms with Gasteiger partial charge in [-0.3, -0.25) is 4.99 Å². The minimum atomic E-state index is 0. The van der Waals surface area contributed by atoms with Gasteiger partial charge in [-0.1, -0.05) is 25.1 Å².